The number of hydrogen-bond acceptors (Lipinski definition) is 1. The van der Waals surface area contributed by atoms with E-state index in [1.807, 2.05) is 0 Å². The molecule has 0 saturated carbocycles. The fraction of sp³-hybridized carbons (Fsp3) is 0. The largest absolute Gasteiger partial charge is 0.478 e. The molecule has 0 spiro atoms. The lowest BCUT2D eigenvalue weighted by molar-refractivity contribution is 0.0695. The van der Waals surface area contributed by atoms with Crippen LogP contribution in [0.3, 0.4) is 0 Å². The molecule has 0 amide bonds. The first-order valence-electron chi connectivity index (χ1n) is 2.91. The normalized spacial score (nSPS) is 9.92. The van der Waals surface area contributed by atoms with Crippen LogP contribution in [0.15, 0.2) is 12.1 Å². The average Bonchev–Trinajstić information content (AvgIpc) is 2.00. The Labute approximate surface area is 86.5 Å². The Morgan fingerprint density at radius 3 is 2.67 bits per heavy atom. The van der Waals surface area contributed by atoms with Crippen LogP contribution in [0, 0.1) is 9.39 Å². The van der Waals surface area contributed by atoms with Gasteiger partial charge in [-0.05, 0) is 34.7 Å². The average molecular weight is 300 g/mol. The van der Waals surface area contributed by atoms with Crippen molar-refractivity contribution in [1.29, 1.82) is 0 Å². The number of halogens is 3. The fourth-order valence-electron chi connectivity index (χ4n) is 0.691. The van der Waals surface area contributed by atoms with Crippen molar-refractivity contribution < 1.29 is 14.3 Å². The van der Waals surface area contributed by atoms with Gasteiger partial charge < -0.3 is 5.11 Å². The lowest BCUT2D eigenvalue weighted by atomic mass is 10.2. The zero-order chi connectivity index (χ0) is 9.30. The van der Waals surface area contributed by atoms with Gasteiger partial charge in [0, 0.05) is 0 Å². The van der Waals surface area contributed by atoms with Crippen molar-refractivity contribution in [3.63, 3.8) is 0 Å². The summed E-state index contributed by atoms with van der Waals surface area (Å²) in [5.74, 6) is -1.84. The van der Waals surface area contributed by atoms with Gasteiger partial charge in [-0.1, -0.05) is 11.6 Å². The van der Waals surface area contributed by atoms with Gasteiger partial charge in [0.2, 0.25) is 0 Å². The molecule has 0 aromatic heterocycles. The molecule has 0 bridgehead atoms. The van der Waals surface area contributed by atoms with E-state index in [2.05, 4.69) is 0 Å². The van der Waals surface area contributed by atoms with E-state index in [-0.39, 0.29) is 14.2 Å². The van der Waals surface area contributed by atoms with Gasteiger partial charge in [-0.25, -0.2) is 9.18 Å². The predicted octanol–water partition coefficient (Wildman–Crippen LogP) is 2.78. The Balaban J connectivity index is 3.36. The molecule has 0 atom stereocenters. The van der Waals surface area contributed by atoms with Crippen molar-refractivity contribution >= 4 is 40.2 Å². The van der Waals surface area contributed by atoms with E-state index in [9.17, 15) is 9.18 Å². The van der Waals surface area contributed by atoms with Gasteiger partial charge in [-0.3, -0.25) is 0 Å². The Morgan fingerprint density at radius 1 is 1.58 bits per heavy atom. The summed E-state index contributed by atoms with van der Waals surface area (Å²) in [4.78, 5) is 10.5. The Morgan fingerprint density at radius 2 is 2.17 bits per heavy atom. The summed E-state index contributed by atoms with van der Waals surface area (Å²) in [7, 11) is 0. The highest BCUT2D eigenvalue weighted by Gasteiger charge is 2.14. The molecular formula is C7H3ClFIO2. The molecule has 1 N–H and O–H groups in total. The van der Waals surface area contributed by atoms with E-state index in [0.717, 1.165) is 0 Å². The van der Waals surface area contributed by atoms with Gasteiger partial charge in [0.1, 0.15) is 0 Å². The SMILES string of the molecule is O=C(O)c1ccc(Cl)c(F)c1I. The third-order valence-corrected chi connectivity index (χ3v) is 2.61. The third kappa shape index (κ3) is 1.69. The molecule has 0 unspecified atom stereocenters. The maximum atomic E-state index is 12.9. The van der Waals surface area contributed by atoms with Crippen molar-refractivity contribution in [2.75, 3.05) is 0 Å². The van der Waals surface area contributed by atoms with E-state index in [0.29, 0.717) is 0 Å². The van der Waals surface area contributed by atoms with Crippen LogP contribution in [0.4, 0.5) is 4.39 Å². The van der Waals surface area contributed by atoms with Crippen LogP contribution in [0.2, 0.25) is 5.02 Å². The van der Waals surface area contributed by atoms with Crippen molar-refractivity contribution in [2.45, 2.75) is 0 Å². The van der Waals surface area contributed by atoms with Crippen molar-refractivity contribution in [2.24, 2.45) is 0 Å². The summed E-state index contributed by atoms with van der Waals surface area (Å²) in [6.45, 7) is 0. The second-order valence-electron chi connectivity index (χ2n) is 2.03. The Bertz CT molecular complexity index is 340. The minimum absolute atomic E-state index is 0.0348. The monoisotopic (exact) mass is 300 g/mol. The highest BCUT2D eigenvalue weighted by molar-refractivity contribution is 14.1. The molecule has 5 heteroatoms. The lowest BCUT2D eigenvalue weighted by Gasteiger charge is -2.00. The van der Waals surface area contributed by atoms with E-state index >= 15 is 0 Å². The van der Waals surface area contributed by atoms with E-state index in [4.69, 9.17) is 16.7 Å². The molecule has 0 aliphatic carbocycles. The zero-order valence-corrected chi connectivity index (χ0v) is 8.56. The molecule has 0 radical (unpaired) electrons. The molecule has 1 rings (SSSR count). The summed E-state index contributed by atoms with van der Waals surface area (Å²) in [5, 5.41) is 8.50. The maximum Gasteiger partial charge on any atom is 0.336 e. The number of hydrogen-bond donors (Lipinski definition) is 1. The van der Waals surface area contributed by atoms with Crippen molar-refractivity contribution in [1.82, 2.24) is 0 Å². The van der Waals surface area contributed by atoms with Gasteiger partial charge >= 0.3 is 5.97 Å². The van der Waals surface area contributed by atoms with E-state index < -0.39 is 11.8 Å². The van der Waals surface area contributed by atoms with E-state index in [1.54, 1.807) is 22.6 Å². The van der Waals surface area contributed by atoms with Gasteiger partial charge in [0.25, 0.3) is 0 Å². The first-order chi connectivity index (χ1) is 5.54. The predicted molar refractivity (Wildman–Crippen MR) is 51.1 cm³/mol. The van der Waals surface area contributed by atoms with Crippen LogP contribution >= 0.6 is 34.2 Å². The summed E-state index contributed by atoms with van der Waals surface area (Å²) in [5.41, 5.74) is -0.0718. The van der Waals surface area contributed by atoms with Crippen LogP contribution in [0.1, 0.15) is 10.4 Å². The molecule has 12 heavy (non-hydrogen) atoms. The molecule has 1 aromatic carbocycles. The number of carboxylic acid groups (broad SMARTS) is 1. The maximum absolute atomic E-state index is 12.9. The summed E-state index contributed by atoms with van der Waals surface area (Å²) in [6.07, 6.45) is 0. The van der Waals surface area contributed by atoms with Crippen LogP contribution in [0.25, 0.3) is 0 Å². The standard InChI is InChI=1S/C7H3ClFIO2/c8-4-2-1-3(7(11)12)6(10)5(4)9/h1-2H,(H,11,12). The minimum Gasteiger partial charge on any atom is -0.478 e. The zero-order valence-electron chi connectivity index (χ0n) is 5.64. The van der Waals surface area contributed by atoms with Crippen LogP contribution in [-0.2, 0) is 0 Å². The topological polar surface area (TPSA) is 37.3 Å². The number of carbonyl (C=O) groups is 1. The molecule has 1 aromatic rings. The number of benzene rings is 1. The van der Waals surface area contributed by atoms with Crippen molar-refractivity contribution in [3.05, 3.63) is 32.1 Å². The molecular weight excluding hydrogens is 297 g/mol. The summed E-state index contributed by atoms with van der Waals surface area (Å²) < 4.78 is 13.0. The molecule has 0 fully saturated rings. The minimum atomic E-state index is -1.16. The second kappa shape index (κ2) is 3.57. The van der Waals surface area contributed by atoms with Crippen molar-refractivity contribution in [3.8, 4) is 0 Å². The molecule has 0 saturated heterocycles. The highest BCUT2D eigenvalue weighted by Crippen LogP contribution is 2.23. The van der Waals surface area contributed by atoms with Crippen LogP contribution in [0.5, 0.6) is 0 Å². The second-order valence-corrected chi connectivity index (χ2v) is 3.51. The molecule has 2 nitrogen and oxygen atoms in total. The van der Waals surface area contributed by atoms with Crippen LogP contribution in [-0.4, -0.2) is 11.1 Å². The van der Waals surface area contributed by atoms with E-state index in [1.165, 1.54) is 12.1 Å². The van der Waals surface area contributed by atoms with Crippen LogP contribution < -0.4 is 0 Å². The van der Waals surface area contributed by atoms with Gasteiger partial charge in [0.05, 0.1) is 14.2 Å². The molecule has 0 aliphatic heterocycles. The first-order valence-corrected chi connectivity index (χ1v) is 4.36. The highest BCUT2D eigenvalue weighted by atomic mass is 127. The molecule has 64 valence electrons. The van der Waals surface area contributed by atoms with Gasteiger partial charge in [-0.15, -0.1) is 0 Å². The Hall–Kier alpha value is -0.360. The first kappa shape index (κ1) is 9.73. The summed E-state index contributed by atoms with van der Waals surface area (Å²) in [6, 6.07) is 2.50. The molecule has 0 aliphatic rings. The number of carboxylic acids is 1. The summed E-state index contributed by atoms with van der Waals surface area (Å²) >= 11 is 7.02. The number of aromatic carboxylic acids is 1. The van der Waals surface area contributed by atoms with Gasteiger partial charge in [-0.2, -0.15) is 0 Å². The quantitative estimate of drug-likeness (QED) is 0.639. The fourth-order valence-corrected chi connectivity index (χ4v) is 1.71. The smallest absolute Gasteiger partial charge is 0.336 e. The Kier molecular flexibility index (Phi) is 2.89. The molecule has 0 heterocycles. The third-order valence-electron chi connectivity index (χ3n) is 1.27. The lowest BCUT2D eigenvalue weighted by Crippen LogP contribution is -2.01. The van der Waals surface area contributed by atoms with Gasteiger partial charge in [0.15, 0.2) is 5.82 Å². The number of rotatable bonds is 1.